The molecule has 0 aliphatic carbocycles. The predicted molar refractivity (Wildman–Crippen MR) is 116 cm³/mol. The van der Waals surface area contributed by atoms with E-state index in [0.29, 0.717) is 22.5 Å². The second-order valence-electron chi connectivity index (χ2n) is 5.40. The maximum absolute atomic E-state index is 9.60. The fourth-order valence-corrected chi connectivity index (χ4v) is 1.74. The maximum atomic E-state index is 9.60. The van der Waals surface area contributed by atoms with Gasteiger partial charge in [-0.25, -0.2) is 0 Å². The zero-order chi connectivity index (χ0) is 27.0. The van der Waals surface area contributed by atoms with Crippen LogP contribution in [-0.4, -0.2) is 110 Å². The molecule has 0 saturated heterocycles. The van der Waals surface area contributed by atoms with E-state index in [1.165, 1.54) is 0 Å². The topological polar surface area (TPSA) is 275 Å². The van der Waals surface area contributed by atoms with E-state index in [9.17, 15) is 39.6 Å². The molecule has 0 aromatic heterocycles. The third kappa shape index (κ3) is 37.0. The highest BCUT2D eigenvalue weighted by Gasteiger charge is 2.24. The average molecular weight is 543 g/mol. The van der Waals surface area contributed by atoms with Gasteiger partial charge in [-0.3, -0.25) is 14.4 Å². The molecule has 0 radical (unpaired) electrons. The van der Waals surface area contributed by atoms with Crippen molar-refractivity contribution in [3.05, 3.63) is 0 Å². The molecule has 6 N–H and O–H groups in total. The van der Waals surface area contributed by atoms with Crippen LogP contribution in [0.4, 0.5) is 0 Å². The molecule has 0 aliphatic heterocycles. The molecule has 0 atom stereocenters. The SMILES string of the molecule is CCC(CO)(CO)CO.O=C(O)CC=S(=O)=O.O=C(O)CC=S(=O)=O.O=C(O)CC=S(=O)=O. The molecule has 0 aromatic carbocycles. The number of aliphatic hydroxyl groups is 3. The molecule has 18 heteroatoms. The van der Waals surface area contributed by atoms with Gasteiger partial charge in [-0.2, -0.15) is 25.3 Å². The Labute approximate surface area is 193 Å². The van der Waals surface area contributed by atoms with Gasteiger partial charge < -0.3 is 30.6 Å². The Morgan fingerprint density at radius 3 is 0.848 bits per heavy atom. The molecule has 0 aliphatic rings. The Hall–Kier alpha value is -2.64. The summed E-state index contributed by atoms with van der Waals surface area (Å²) in [6.07, 6.45) is -0.709. The van der Waals surface area contributed by atoms with Gasteiger partial charge in [0.2, 0.25) is 30.9 Å². The minimum absolute atomic E-state index is 0.156. The maximum Gasteiger partial charge on any atom is 0.308 e. The van der Waals surface area contributed by atoms with Gasteiger partial charge in [-0.15, -0.1) is 0 Å². The molecule has 0 rings (SSSR count). The molecule has 0 aromatic rings. The summed E-state index contributed by atoms with van der Waals surface area (Å²) in [5.74, 6) is -3.43. The number of hydrogen-bond donors (Lipinski definition) is 6. The van der Waals surface area contributed by atoms with E-state index in [4.69, 9.17) is 30.6 Å². The fraction of sp³-hybridized carbons (Fsp3) is 0.600. The first-order valence-electron chi connectivity index (χ1n) is 8.35. The van der Waals surface area contributed by atoms with Gasteiger partial charge in [0.15, 0.2) is 0 Å². The molecular weight excluding hydrogens is 516 g/mol. The van der Waals surface area contributed by atoms with E-state index in [-0.39, 0.29) is 19.8 Å². The van der Waals surface area contributed by atoms with Gasteiger partial charge in [0, 0.05) is 21.5 Å². The third-order valence-electron chi connectivity index (χ3n) is 2.94. The first kappa shape index (κ1) is 37.7. The van der Waals surface area contributed by atoms with Crippen LogP contribution in [0.5, 0.6) is 0 Å². The Balaban J connectivity index is -0.000000170. The minimum atomic E-state index is -2.34. The van der Waals surface area contributed by atoms with Crippen molar-refractivity contribution in [1.82, 2.24) is 0 Å². The predicted octanol–water partition coefficient (Wildman–Crippen LogP) is -3.21. The lowest BCUT2D eigenvalue weighted by Gasteiger charge is -2.24. The van der Waals surface area contributed by atoms with Crippen LogP contribution in [-0.2, 0) is 45.3 Å². The zero-order valence-electron chi connectivity index (χ0n) is 17.3. The van der Waals surface area contributed by atoms with Crippen LogP contribution in [0.25, 0.3) is 0 Å². The fourth-order valence-electron chi connectivity index (χ4n) is 0.903. The molecule has 0 heterocycles. The molecule has 194 valence electrons. The van der Waals surface area contributed by atoms with Crippen molar-refractivity contribution in [1.29, 1.82) is 0 Å². The molecule has 0 spiro atoms. The summed E-state index contributed by atoms with van der Waals surface area (Å²) in [4.78, 5) is 28.8. The van der Waals surface area contributed by atoms with Crippen LogP contribution in [0.1, 0.15) is 32.6 Å². The highest BCUT2D eigenvalue weighted by molar-refractivity contribution is 7.71. The van der Waals surface area contributed by atoms with Gasteiger partial charge in [0.1, 0.15) is 0 Å². The van der Waals surface area contributed by atoms with E-state index in [0.717, 1.165) is 0 Å². The summed E-state index contributed by atoms with van der Waals surface area (Å²) in [5.41, 5.74) is -0.667. The summed E-state index contributed by atoms with van der Waals surface area (Å²) in [6.45, 7) is 1.35. The summed E-state index contributed by atoms with van der Waals surface area (Å²) >= 11 is 0. The molecule has 15 nitrogen and oxygen atoms in total. The van der Waals surface area contributed by atoms with Crippen molar-refractivity contribution in [2.45, 2.75) is 32.6 Å². The second-order valence-corrected chi connectivity index (χ2v) is 7.97. The minimum Gasteiger partial charge on any atom is -0.481 e. The summed E-state index contributed by atoms with van der Waals surface area (Å²) in [6, 6.07) is 0. The van der Waals surface area contributed by atoms with Crippen LogP contribution in [0.15, 0.2) is 0 Å². The van der Waals surface area contributed by atoms with Crippen molar-refractivity contribution >= 4 is 64.9 Å². The van der Waals surface area contributed by atoms with E-state index in [2.05, 4.69) is 0 Å². The number of rotatable bonds is 10. The van der Waals surface area contributed by atoms with Gasteiger partial charge >= 0.3 is 17.9 Å². The van der Waals surface area contributed by atoms with Crippen LogP contribution < -0.4 is 0 Å². The van der Waals surface area contributed by atoms with Crippen molar-refractivity contribution < 1.29 is 70.3 Å². The lowest BCUT2D eigenvalue weighted by Crippen LogP contribution is -2.32. The van der Waals surface area contributed by atoms with E-state index in [1.54, 1.807) is 0 Å². The zero-order valence-corrected chi connectivity index (χ0v) is 19.7. The Morgan fingerprint density at radius 2 is 0.818 bits per heavy atom. The van der Waals surface area contributed by atoms with Gasteiger partial charge in [-0.05, 0) is 6.42 Å². The number of aliphatic hydroxyl groups excluding tert-OH is 3. The summed E-state index contributed by atoms with van der Waals surface area (Å²) in [7, 11) is -7.03. The molecular formula is C15H26O15S3. The molecule has 0 bridgehead atoms. The van der Waals surface area contributed by atoms with E-state index >= 15 is 0 Å². The molecule has 0 fully saturated rings. The van der Waals surface area contributed by atoms with Crippen LogP contribution in [0.2, 0.25) is 0 Å². The monoisotopic (exact) mass is 542 g/mol. The Bertz CT molecular complexity index is 830. The largest absolute Gasteiger partial charge is 0.481 e. The molecule has 0 saturated carbocycles. The van der Waals surface area contributed by atoms with E-state index in [1.807, 2.05) is 6.92 Å². The number of carboxylic acid groups (broad SMARTS) is 3. The van der Waals surface area contributed by atoms with Crippen LogP contribution >= 0.6 is 0 Å². The quantitative estimate of drug-likeness (QED) is 0.148. The smallest absolute Gasteiger partial charge is 0.308 e. The molecule has 0 unspecified atom stereocenters. The normalized spacial score (nSPS) is 9.09. The lowest BCUT2D eigenvalue weighted by atomic mass is 9.88. The number of aliphatic carboxylic acids is 3. The highest BCUT2D eigenvalue weighted by Crippen LogP contribution is 2.18. The van der Waals surface area contributed by atoms with Gasteiger partial charge in [0.05, 0.1) is 39.1 Å². The summed E-state index contributed by atoms with van der Waals surface area (Å²) < 4.78 is 57.5. The number of carboxylic acids is 3. The molecule has 33 heavy (non-hydrogen) atoms. The van der Waals surface area contributed by atoms with Gasteiger partial charge in [0.25, 0.3) is 0 Å². The first-order chi connectivity index (χ1) is 15.1. The van der Waals surface area contributed by atoms with Crippen molar-refractivity contribution in [2.75, 3.05) is 19.8 Å². The lowest BCUT2D eigenvalue weighted by molar-refractivity contribution is -0.136. The summed E-state index contributed by atoms with van der Waals surface area (Å²) in [5, 5.41) is 51.6. The first-order valence-corrected chi connectivity index (χ1v) is 11.8. The Kier molecular flexibility index (Phi) is 27.4. The number of carbonyl (C=O) groups is 3. The van der Waals surface area contributed by atoms with Crippen molar-refractivity contribution in [3.8, 4) is 0 Å². The average Bonchev–Trinajstić information content (AvgIpc) is 2.73. The van der Waals surface area contributed by atoms with E-state index < -0.39 is 73.5 Å². The number of hydrogen-bond acceptors (Lipinski definition) is 12. The second kappa shape index (κ2) is 24.0. The standard InChI is InChI=1S/C6H14O3.3C3H4O4S/c1-2-6(3-7,4-8)5-9;3*4-3(5)1-2-8(6)7/h7-9H,2-5H2,1H3;3*2H,1H2,(H,4,5). The van der Waals surface area contributed by atoms with Crippen LogP contribution in [0, 0.1) is 5.41 Å². The highest BCUT2D eigenvalue weighted by atomic mass is 32.2. The van der Waals surface area contributed by atoms with Crippen LogP contribution in [0.3, 0.4) is 0 Å². The van der Waals surface area contributed by atoms with Gasteiger partial charge in [-0.1, -0.05) is 6.92 Å². The molecule has 0 amide bonds. The van der Waals surface area contributed by atoms with Crippen molar-refractivity contribution in [2.24, 2.45) is 5.41 Å². The van der Waals surface area contributed by atoms with Crippen molar-refractivity contribution in [3.63, 3.8) is 0 Å². The Morgan fingerprint density at radius 1 is 0.606 bits per heavy atom. The third-order valence-corrected chi connectivity index (χ3v) is 4.25.